The number of aryl methyl sites for hydroxylation is 1. The minimum absolute atomic E-state index is 0.0158. The molecule has 7 nitrogen and oxygen atoms in total. The third-order valence-corrected chi connectivity index (χ3v) is 4.57. The number of hydrogen-bond donors (Lipinski definition) is 0. The minimum Gasteiger partial charge on any atom is -0.470 e. The zero-order chi connectivity index (χ0) is 16.2. The van der Waals surface area contributed by atoms with Crippen LogP contribution in [0.2, 0.25) is 0 Å². The van der Waals surface area contributed by atoms with Crippen molar-refractivity contribution in [3.05, 3.63) is 34.2 Å². The van der Waals surface area contributed by atoms with Gasteiger partial charge in [0, 0.05) is 18.9 Å². The average molecular weight is 329 g/mol. The number of nitrogens with zero attached hydrogens (tertiary/aromatic N) is 5. The highest BCUT2D eigenvalue weighted by Gasteiger charge is 2.28. The Hall–Kier alpha value is -2.53. The van der Waals surface area contributed by atoms with Crippen LogP contribution in [0.4, 0.5) is 0 Å². The topological polar surface area (TPSA) is 92.0 Å². The molecule has 1 amide bonds. The molecular formula is C15H15N5O2S. The molecule has 3 rings (SSSR count). The smallest absolute Gasteiger partial charge is 0.265 e. The van der Waals surface area contributed by atoms with Crippen LogP contribution in [0.15, 0.2) is 17.9 Å². The van der Waals surface area contributed by atoms with E-state index in [4.69, 9.17) is 10.00 Å². The zero-order valence-corrected chi connectivity index (χ0v) is 13.4. The number of aromatic nitrogens is 3. The molecule has 1 atom stereocenters. The van der Waals surface area contributed by atoms with E-state index in [0.29, 0.717) is 18.0 Å². The van der Waals surface area contributed by atoms with E-state index in [0.717, 1.165) is 18.5 Å². The molecule has 0 aromatic carbocycles. The van der Waals surface area contributed by atoms with E-state index in [1.165, 1.54) is 23.7 Å². The predicted octanol–water partition coefficient (Wildman–Crippen LogP) is 1.80. The molecule has 0 N–H and O–H groups in total. The standard InChI is InChI=1S/C15H15N5O2S/c1-10-13(23-9-19-10)15(21)20-6-2-3-11(8-20)22-14-12(7-16)17-4-5-18-14/h4-5,9,11H,2-3,6,8H2,1H3. The van der Waals surface area contributed by atoms with Crippen LogP contribution >= 0.6 is 11.3 Å². The molecule has 118 valence electrons. The van der Waals surface area contributed by atoms with Crippen molar-refractivity contribution < 1.29 is 9.53 Å². The Morgan fingerprint density at radius 2 is 2.26 bits per heavy atom. The molecule has 1 fully saturated rings. The van der Waals surface area contributed by atoms with Gasteiger partial charge in [0.2, 0.25) is 5.69 Å². The Morgan fingerprint density at radius 3 is 3.00 bits per heavy atom. The first-order valence-corrected chi connectivity index (χ1v) is 8.14. The van der Waals surface area contributed by atoms with Crippen molar-refractivity contribution in [3.8, 4) is 11.9 Å². The fourth-order valence-electron chi connectivity index (χ4n) is 2.52. The molecule has 0 radical (unpaired) electrons. The highest BCUT2D eigenvalue weighted by atomic mass is 32.1. The number of carbonyl (C=O) groups excluding carboxylic acids is 1. The lowest BCUT2D eigenvalue weighted by atomic mass is 10.1. The molecule has 0 bridgehead atoms. The quantitative estimate of drug-likeness (QED) is 0.852. The number of thiazole rings is 1. The minimum atomic E-state index is -0.190. The second kappa shape index (κ2) is 6.71. The molecular weight excluding hydrogens is 314 g/mol. The van der Waals surface area contributed by atoms with Gasteiger partial charge < -0.3 is 9.64 Å². The van der Waals surface area contributed by atoms with Gasteiger partial charge in [0.15, 0.2) is 0 Å². The summed E-state index contributed by atoms with van der Waals surface area (Å²) in [5, 5.41) is 9.04. The molecule has 23 heavy (non-hydrogen) atoms. The van der Waals surface area contributed by atoms with Gasteiger partial charge in [0.05, 0.1) is 17.7 Å². The maximum Gasteiger partial charge on any atom is 0.265 e. The molecule has 1 aliphatic heterocycles. The normalized spacial score (nSPS) is 17.6. The zero-order valence-electron chi connectivity index (χ0n) is 12.6. The Kier molecular flexibility index (Phi) is 4.48. The summed E-state index contributed by atoms with van der Waals surface area (Å²) in [5.74, 6) is 0.209. The van der Waals surface area contributed by atoms with Crippen LogP contribution in [0.1, 0.15) is 33.9 Å². The largest absolute Gasteiger partial charge is 0.470 e. The average Bonchev–Trinajstić information content (AvgIpc) is 3.01. The van der Waals surface area contributed by atoms with Crippen LogP contribution in [-0.2, 0) is 0 Å². The van der Waals surface area contributed by atoms with Crippen molar-refractivity contribution in [1.82, 2.24) is 19.9 Å². The third kappa shape index (κ3) is 3.29. The number of carbonyl (C=O) groups is 1. The molecule has 8 heteroatoms. The van der Waals surface area contributed by atoms with Crippen molar-refractivity contribution in [2.75, 3.05) is 13.1 Å². The molecule has 3 heterocycles. The van der Waals surface area contributed by atoms with Crippen LogP contribution < -0.4 is 4.74 Å². The number of ether oxygens (including phenoxy) is 1. The molecule has 1 saturated heterocycles. The summed E-state index contributed by atoms with van der Waals surface area (Å²) in [7, 11) is 0. The lowest BCUT2D eigenvalue weighted by Crippen LogP contribution is -2.44. The summed E-state index contributed by atoms with van der Waals surface area (Å²) in [4.78, 5) is 27.1. The number of likely N-dealkylation sites (tertiary alicyclic amines) is 1. The first-order valence-electron chi connectivity index (χ1n) is 7.26. The number of piperidine rings is 1. The van der Waals surface area contributed by atoms with Crippen molar-refractivity contribution in [2.45, 2.75) is 25.9 Å². The van der Waals surface area contributed by atoms with Gasteiger partial charge in [-0.1, -0.05) is 0 Å². The first kappa shape index (κ1) is 15.4. The van der Waals surface area contributed by atoms with Gasteiger partial charge in [0.25, 0.3) is 11.8 Å². The van der Waals surface area contributed by atoms with Gasteiger partial charge in [-0.15, -0.1) is 11.3 Å². The van der Waals surface area contributed by atoms with Crippen molar-refractivity contribution in [3.63, 3.8) is 0 Å². The van der Waals surface area contributed by atoms with E-state index >= 15 is 0 Å². The summed E-state index contributed by atoms with van der Waals surface area (Å²) < 4.78 is 5.80. The van der Waals surface area contributed by atoms with Gasteiger partial charge in [-0.2, -0.15) is 5.26 Å². The SMILES string of the molecule is Cc1ncsc1C(=O)N1CCCC(Oc2nccnc2C#N)C1. The van der Waals surface area contributed by atoms with E-state index < -0.39 is 0 Å². The Bertz CT molecular complexity index is 754. The second-order valence-corrected chi connectivity index (χ2v) is 6.08. The van der Waals surface area contributed by atoms with Crippen LogP contribution in [0, 0.1) is 18.3 Å². The molecule has 0 aliphatic carbocycles. The Labute approximate surface area is 137 Å². The summed E-state index contributed by atoms with van der Waals surface area (Å²) in [6.45, 7) is 3.00. The van der Waals surface area contributed by atoms with E-state index in [-0.39, 0.29) is 23.6 Å². The summed E-state index contributed by atoms with van der Waals surface area (Å²) in [6.07, 6.45) is 4.41. The monoisotopic (exact) mass is 329 g/mol. The van der Waals surface area contributed by atoms with Crippen molar-refractivity contribution in [2.24, 2.45) is 0 Å². The molecule has 2 aromatic rings. The predicted molar refractivity (Wildman–Crippen MR) is 83.2 cm³/mol. The maximum atomic E-state index is 12.6. The summed E-state index contributed by atoms with van der Waals surface area (Å²) in [6, 6.07) is 1.96. The first-order chi connectivity index (χ1) is 11.2. The van der Waals surface area contributed by atoms with Crippen LogP contribution in [0.5, 0.6) is 5.88 Å². The van der Waals surface area contributed by atoms with E-state index in [1.54, 1.807) is 10.4 Å². The molecule has 1 aliphatic rings. The van der Waals surface area contributed by atoms with Gasteiger partial charge in [0.1, 0.15) is 17.1 Å². The lowest BCUT2D eigenvalue weighted by Gasteiger charge is -2.32. The Morgan fingerprint density at radius 1 is 1.43 bits per heavy atom. The van der Waals surface area contributed by atoms with Gasteiger partial charge >= 0.3 is 0 Å². The van der Waals surface area contributed by atoms with Crippen LogP contribution in [0.3, 0.4) is 0 Å². The molecule has 1 unspecified atom stereocenters. The highest BCUT2D eigenvalue weighted by molar-refractivity contribution is 7.11. The van der Waals surface area contributed by atoms with Crippen molar-refractivity contribution >= 4 is 17.2 Å². The molecule has 0 spiro atoms. The molecule has 2 aromatic heterocycles. The Balaban J connectivity index is 1.70. The second-order valence-electron chi connectivity index (χ2n) is 5.22. The highest BCUT2D eigenvalue weighted by Crippen LogP contribution is 2.22. The number of hydrogen-bond acceptors (Lipinski definition) is 7. The van der Waals surface area contributed by atoms with E-state index in [1.807, 2.05) is 13.0 Å². The van der Waals surface area contributed by atoms with Gasteiger partial charge in [-0.05, 0) is 19.8 Å². The summed E-state index contributed by atoms with van der Waals surface area (Å²) >= 11 is 1.35. The fourth-order valence-corrected chi connectivity index (χ4v) is 3.29. The third-order valence-electron chi connectivity index (χ3n) is 3.65. The molecule has 0 saturated carbocycles. The lowest BCUT2D eigenvalue weighted by molar-refractivity contribution is 0.0529. The van der Waals surface area contributed by atoms with Crippen molar-refractivity contribution in [1.29, 1.82) is 5.26 Å². The van der Waals surface area contributed by atoms with Gasteiger partial charge in [-0.3, -0.25) is 4.79 Å². The van der Waals surface area contributed by atoms with Crippen LogP contribution in [0.25, 0.3) is 0 Å². The van der Waals surface area contributed by atoms with E-state index in [9.17, 15) is 4.79 Å². The summed E-state index contributed by atoms with van der Waals surface area (Å²) in [5.41, 5.74) is 2.59. The van der Waals surface area contributed by atoms with Crippen LogP contribution in [-0.4, -0.2) is 45.0 Å². The number of rotatable bonds is 3. The van der Waals surface area contributed by atoms with E-state index in [2.05, 4.69) is 15.0 Å². The maximum absolute atomic E-state index is 12.6. The number of amides is 1. The fraction of sp³-hybridized carbons (Fsp3) is 0.400. The van der Waals surface area contributed by atoms with Gasteiger partial charge in [-0.25, -0.2) is 15.0 Å². The number of nitriles is 1.